The first-order chi connectivity index (χ1) is 19.5. The summed E-state index contributed by atoms with van der Waals surface area (Å²) >= 11 is 4.99. The average molecular weight is 616 g/mol. The number of rotatable bonds is 7. The molecule has 2 aliphatic rings. The van der Waals surface area contributed by atoms with Crippen LogP contribution in [0.25, 0.3) is 11.8 Å². The molecule has 6 nitrogen and oxygen atoms in total. The Labute approximate surface area is 244 Å². The van der Waals surface area contributed by atoms with Crippen LogP contribution >= 0.6 is 27.3 Å². The molecular formula is C32H27BrN2O4S. The smallest absolute Gasteiger partial charge is 0.271 e. The molecule has 0 saturated carbocycles. The maximum Gasteiger partial charge on any atom is 0.271 e. The number of allylic oxidation sites excluding steroid dienone is 1. The zero-order valence-corrected chi connectivity index (χ0v) is 24.6. The van der Waals surface area contributed by atoms with Gasteiger partial charge in [0.25, 0.3) is 5.56 Å². The number of benzene rings is 3. The van der Waals surface area contributed by atoms with Gasteiger partial charge in [-0.1, -0.05) is 60.4 Å². The summed E-state index contributed by atoms with van der Waals surface area (Å²) in [6.45, 7) is 4.06. The predicted octanol–water partition coefficient (Wildman–Crippen LogP) is 5.66. The van der Waals surface area contributed by atoms with Crippen molar-refractivity contribution in [3.8, 4) is 17.2 Å². The lowest BCUT2D eigenvalue weighted by Gasteiger charge is -2.30. The van der Waals surface area contributed by atoms with E-state index in [9.17, 15) is 4.79 Å². The van der Waals surface area contributed by atoms with Gasteiger partial charge in [0.2, 0.25) is 0 Å². The van der Waals surface area contributed by atoms with Gasteiger partial charge in [-0.05, 0) is 81.4 Å². The highest BCUT2D eigenvalue weighted by atomic mass is 79.9. The van der Waals surface area contributed by atoms with E-state index in [1.807, 2.05) is 47.0 Å². The average Bonchev–Trinajstić information content (AvgIpc) is 3.29. The summed E-state index contributed by atoms with van der Waals surface area (Å²) in [5.41, 5.74) is 6.34. The number of thiazole rings is 1. The lowest BCUT2D eigenvalue weighted by Crippen LogP contribution is -2.38. The van der Waals surface area contributed by atoms with Crippen molar-refractivity contribution in [1.82, 2.24) is 4.57 Å². The van der Waals surface area contributed by atoms with Gasteiger partial charge in [0.1, 0.15) is 12.4 Å². The highest BCUT2D eigenvalue weighted by Gasteiger charge is 2.32. The third-order valence-electron chi connectivity index (χ3n) is 7.20. The first-order valence-electron chi connectivity index (χ1n) is 12.9. The number of ether oxygens (including phenoxy) is 3. The van der Waals surface area contributed by atoms with Gasteiger partial charge in [0.15, 0.2) is 16.3 Å². The lowest BCUT2D eigenvalue weighted by molar-refractivity contribution is 0.324. The molecule has 0 N–H and O–H groups in total. The fraction of sp³-hybridized carbons (Fsp3) is 0.188. The molecule has 0 fully saturated rings. The molecule has 1 aliphatic heterocycles. The van der Waals surface area contributed by atoms with E-state index in [-0.39, 0.29) is 11.6 Å². The summed E-state index contributed by atoms with van der Waals surface area (Å²) in [4.78, 5) is 19.8. The summed E-state index contributed by atoms with van der Waals surface area (Å²) in [6.07, 6.45) is 5.32. The molecule has 3 aromatic carbocycles. The maximum absolute atomic E-state index is 14.0. The van der Waals surface area contributed by atoms with E-state index in [1.54, 1.807) is 20.3 Å². The van der Waals surface area contributed by atoms with Crippen LogP contribution < -0.4 is 29.1 Å². The van der Waals surface area contributed by atoms with Crippen molar-refractivity contribution in [2.45, 2.75) is 18.9 Å². The van der Waals surface area contributed by atoms with Crippen molar-refractivity contribution in [1.29, 1.82) is 0 Å². The minimum Gasteiger partial charge on any atom is -0.497 e. The van der Waals surface area contributed by atoms with Gasteiger partial charge in [0.05, 0.1) is 35.0 Å². The van der Waals surface area contributed by atoms with Crippen molar-refractivity contribution < 1.29 is 14.2 Å². The summed E-state index contributed by atoms with van der Waals surface area (Å²) in [5.74, 6) is 1.93. The van der Waals surface area contributed by atoms with E-state index in [4.69, 9.17) is 19.2 Å². The van der Waals surface area contributed by atoms with Gasteiger partial charge in [-0.2, -0.15) is 0 Å². The number of hydrogen-bond acceptors (Lipinski definition) is 6. The van der Waals surface area contributed by atoms with Crippen molar-refractivity contribution in [3.63, 3.8) is 0 Å². The maximum atomic E-state index is 14.0. The minimum atomic E-state index is -0.247. The largest absolute Gasteiger partial charge is 0.497 e. The number of fused-ring (bicyclic) bond motifs is 3. The van der Waals surface area contributed by atoms with Crippen molar-refractivity contribution in [2.75, 3.05) is 20.8 Å². The summed E-state index contributed by atoms with van der Waals surface area (Å²) in [7, 11) is 3.25. The molecule has 0 spiro atoms. The number of aryl methyl sites for hydroxylation is 1. The fourth-order valence-corrected chi connectivity index (χ4v) is 6.94. The van der Waals surface area contributed by atoms with Crippen LogP contribution in [0.2, 0.25) is 0 Å². The normalized spacial score (nSPS) is 16.0. The van der Waals surface area contributed by atoms with E-state index in [0.717, 1.165) is 51.0 Å². The van der Waals surface area contributed by atoms with Crippen LogP contribution in [0.5, 0.6) is 17.2 Å². The molecule has 202 valence electrons. The molecular weight excluding hydrogens is 588 g/mol. The van der Waals surface area contributed by atoms with Crippen LogP contribution in [0, 0.1) is 0 Å². The number of halogens is 1. The minimum absolute atomic E-state index is 0.0722. The molecule has 40 heavy (non-hydrogen) atoms. The number of hydrogen-bond donors (Lipinski definition) is 0. The van der Waals surface area contributed by atoms with Crippen LogP contribution in [0.3, 0.4) is 0 Å². The standard InChI is InChI=1S/C32H27BrN2O4S/c1-4-15-39-30-25(33)16-19(17-26(30)38-3)18-27-31(36)35-29(21-9-12-22(37-2)13-10-21)24-14-11-20-7-5-6-8-23(20)28(24)34-32(35)40-27/h4-10,12-13,16-18,29H,1,11,14-15H2,2-3H3/b27-18-/t29-/m1/s1. The Hall–Kier alpha value is -3.88. The molecule has 1 atom stereocenters. The van der Waals surface area contributed by atoms with Crippen molar-refractivity contribution >= 4 is 39.0 Å². The van der Waals surface area contributed by atoms with Crippen LogP contribution in [0.4, 0.5) is 0 Å². The summed E-state index contributed by atoms with van der Waals surface area (Å²) < 4.78 is 19.9. The Morgan fingerprint density at radius 3 is 2.65 bits per heavy atom. The van der Waals surface area contributed by atoms with E-state index in [1.165, 1.54) is 16.9 Å². The molecule has 0 unspecified atom stereocenters. The third-order valence-corrected chi connectivity index (χ3v) is 8.77. The lowest BCUT2D eigenvalue weighted by atomic mass is 9.83. The van der Waals surface area contributed by atoms with Gasteiger partial charge in [-0.15, -0.1) is 0 Å². The zero-order chi connectivity index (χ0) is 27.8. The SMILES string of the molecule is C=CCOc1c(Br)cc(/C=c2\sc3n(c2=O)[C@H](c2ccc(OC)cc2)C2=C(N=3)c3ccccc3CC2)cc1OC. The van der Waals surface area contributed by atoms with E-state index in [2.05, 4.69) is 46.8 Å². The van der Waals surface area contributed by atoms with Crippen molar-refractivity contribution in [3.05, 3.63) is 125 Å². The van der Waals surface area contributed by atoms with Gasteiger partial charge < -0.3 is 14.2 Å². The fourth-order valence-electron chi connectivity index (χ4n) is 5.37. The Kier molecular flexibility index (Phi) is 7.21. The second kappa shape index (κ2) is 10.9. The summed E-state index contributed by atoms with van der Waals surface area (Å²) in [6, 6.07) is 19.9. The van der Waals surface area contributed by atoms with Gasteiger partial charge in [-0.3, -0.25) is 9.36 Å². The predicted molar refractivity (Wildman–Crippen MR) is 162 cm³/mol. The molecule has 6 rings (SSSR count). The first-order valence-corrected chi connectivity index (χ1v) is 14.5. The van der Waals surface area contributed by atoms with Crippen LogP contribution in [0.1, 0.15) is 34.7 Å². The topological polar surface area (TPSA) is 62.0 Å². The van der Waals surface area contributed by atoms with Crippen LogP contribution in [-0.4, -0.2) is 25.4 Å². The van der Waals surface area contributed by atoms with Crippen LogP contribution in [-0.2, 0) is 6.42 Å². The Morgan fingerprint density at radius 1 is 1.10 bits per heavy atom. The van der Waals surface area contributed by atoms with Gasteiger partial charge in [0, 0.05) is 5.56 Å². The molecule has 0 amide bonds. The summed E-state index contributed by atoms with van der Waals surface area (Å²) in [5, 5.41) is 0. The molecule has 4 aromatic rings. The number of nitrogens with zero attached hydrogens (tertiary/aromatic N) is 2. The number of aromatic nitrogens is 1. The first kappa shape index (κ1) is 26.3. The Balaban J connectivity index is 1.54. The number of methoxy groups -OCH3 is 2. The molecule has 0 radical (unpaired) electrons. The van der Waals surface area contributed by atoms with E-state index in [0.29, 0.717) is 27.4 Å². The van der Waals surface area contributed by atoms with Crippen molar-refractivity contribution in [2.24, 2.45) is 4.99 Å². The highest BCUT2D eigenvalue weighted by molar-refractivity contribution is 9.10. The molecule has 0 bridgehead atoms. The highest BCUT2D eigenvalue weighted by Crippen LogP contribution is 2.41. The van der Waals surface area contributed by atoms with Crippen LogP contribution in [0.15, 0.2) is 93.2 Å². The van der Waals surface area contributed by atoms with E-state index >= 15 is 0 Å². The third kappa shape index (κ3) is 4.61. The molecule has 2 heterocycles. The molecule has 1 aliphatic carbocycles. The Morgan fingerprint density at radius 2 is 1.90 bits per heavy atom. The zero-order valence-electron chi connectivity index (χ0n) is 22.1. The second-order valence-corrected chi connectivity index (χ2v) is 11.4. The molecule has 8 heteroatoms. The Bertz CT molecular complexity index is 1840. The quantitative estimate of drug-likeness (QED) is 0.252. The van der Waals surface area contributed by atoms with Gasteiger partial charge >= 0.3 is 0 Å². The van der Waals surface area contributed by atoms with Gasteiger partial charge in [-0.25, -0.2) is 4.99 Å². The molecule has 1 aromatic heterocycles. The molecule has 0 saturated heterocycles. The van der Waals surface area contributed by atoms with E-state index < -0.39 is 0 Å². The monoisotopic (exact) mass is 614 g/mol. The second-order valence-electron chi connectivity index (χ2n) is 9.52.